The van der Waals surface area contributed by atoms with Gasteiger partial charge in [0.1, 0.15) is 23.0 Å². The predicted octanol–water partition coefficient (Wildman–Crippen LogP) is 2.14. The zero-order chi connectivity index (χ0) is 12.5. The van der Waals surface area contributed by atoms with Gasteiger partial charge in [0.25, 0.3) is 0 Å². The first-order valence-electron chi connectivity index (χ1n) is 5.56. The molecule has 0 aliphatic carbocycles. The van der Waals surface area contributed by atoms with E-state index in [1.165, 1.54) is 0 Å². The van der Waals surface area contributed by atoms with E-state index in [1.807, 2.05) is 24.3 Å². The smallest absolute Gasteiger partial charge is 0.524 e. The summed E-state index contributed by atoms with van der Waals surface area (Å²) in [4.78, 5) is 0. The predicted molar refractivity (Wildman–Crippen MR) is 68.8 cm³/mol. The highest BCUT2D eigenvalue weighted by Crippen LogP contribution is 2.35. The van der Waals surface area contributed by atoms with E-state index in [0.29, 0.717) is 23.0 Å². The minimum Gasteiger partial charge on any atom is -0.524 e. The molecule has 0 bridgehead atoms. The summed E-state index contributed by atoms with van der Waals surface area (Å²) in [6.07, 6.45) is 3.14. The molecule has 18 heavy (non-hydrogen) atoms. The minimum atomic E-state index is -0.654. The Labute approximate surface area is 106 Å². The lowest BCUT2D eigenvalue weighted by molar-refractivity contribution is 0.383. The van der Waals surface area contributed by atoms with Crippen molar-refractivity contribution in [2.75, 3.05) is 0 Å². The molecule has 2 aliphatic rings. The lowest BCUT2D eigenvalue weighted by atomic mass is 9.49. The highest BCUT2D eigenvalue weighted by atomic mass is 16.7. The topological polar surface area (TPSA) is 36.9 Å². The van der Waals surface area contributed by atoms with Crippen LogP contribution in [0.25, 0.3) is 0 Å². The molecule has 0 atom stereocenters. The Morgan fingerprint density at radius 1 is 0.778 bits per heavy atom. The normalized spacial score (nSPS) is 16.4. The van der Waals surface area contributed by atoms with Crippen molar-refractivity contribution >= 4 is 14.0 Å². The van der Waals surface area contributed by atoms with E-state index in [1.54, 1.807) is 12.2 Å². The fourth-order valence-electron chi connectivity index (χ4n) is 1.83. The highest BCUT2D eigenvalue weighted by Gasteiger charge is 2.54. The standard InChI is InChI=1S/C12H10B2O4/c1-3-9-10(4-2)16-13(15-9)14-17-11-7-5-6-8-12(11)18-14/h3-8H,1-2H2. The van der Waals surface area contributed by atoms with Crippen molar-refractivity contribution in [1.29, 1.82) is 0 Å². The maximum absolute atomic E-state index is 5.61. The van der Waals surface area contributed by atoms with Crippen LogP contribution in [0.1, 0.15) is 0 Å². The Kier molecular flexibility index (Phi) is 2.55. The van der Waals surface area contributed by atoms with Crippen LogP contribution in [0.4, 0.5) is 0 Å². The second kappa shape index (κ2) is 4.22. The molecule has 3 rings (SSSR count). The largest absolute Gasteiger partial charge is 0.658 e. The van der Waals surface area contributed by atoms with Gasteiger partial charge >= 0.3 is 14.0 Å². The third-order valence-electron chi connectivity index (χ3n) is 2.66. The summed E-state index contributed by atoms with van der Waals surface area (Å²) in [7, 11) is -1.28. The molecule has 0 amide bonds. The molecular formula is C12H10B2O4. The van der Waals surface area contributed by atoms with Crippen molar-refractivity contribution in [2.45, 2.75) is 0 Å². The summed E-state index contributed by atoms with van der Waals surface area (Å²) in [5, 5.41) is 0. The molecule has 0 aromatic heterocycles. The third-order valence-corrected chi connectivity index (χ3v) is 2.66. The van der Waals surface area contributed by atoms with Gasteiger partial charge in [-0.2, -0.15) is 0 Å². The Bertz CT molecular complexity index is 496. The fraction of sp³-hybridized carbons (Fsp3) is 0. The molecule has 4 nitrogen and oxygen atoms in total. The second-order valence-corrected chi connectivity index (χ2v) is 3.79. The monoisotopic (exact) mass is 240 g/mol. The van der Waals surface area contributed by atoms with Gasteiger partial charge < -0.3 is 18.6 Å². The first kappa shape index (κ1) is 10.9. The average molecular weight is 240 g/mol. The van der Waals surface area contributed by atoms with Crippen LogP contribution in [0.15, 0.2) is 61.1 Å². The first-order valence-corrected chi connectivity index (χ1v) is 5.56. The van der Waals surface area contributed by atoms with Crippen molar-refractivity contribution in [3.63, 3.8) is 0 Å². The molecule has 2 aliphatic heterocycles. The molecule has 1 aromatic carbocycles. The van der Waals surface area contributed by atoms with Crippen molar-refractivity contribution in [1.82, 2.24) is 0 Å². The zero-order valence-corrected chi connectivity index (χ0v) is 9.67. The Morgan fingerprint density at radius 2 is 1.22 bits per heavy atom. The summed E-state index contributed by atoms with van der Waals surface area (Å²) in [5.74, 6) is 2.44. The molecule has 0 fully saturated rings. The zero-order valence-electron chi connectivity index (χ0n) is 9.67. The molecule has 0 unspecified atom stereocenters. The number of hydrogen-bond acceptors (Lipinski definition) is 4. The van der Waals surface area contributed by atoms with Crippen molar-refractivity contribution in [2.24, 2.45) is 0 Å². The molecular weight excluding hydrogens is 230 g/mol. The molecule has 0 saturated carbocycles. The summed E-state index contributed by atoms with van der Waals surface area (Å²) >= 11 is 0. The lowest BCUT2D eigenvalue weighted by Crippen LogP contribution is -2.45. The summed E-state index contributed by atoms with van der Waals surface area (Å²) < 4.78 is 22.3. The fourth-order valence-corrected chi connectivity index (χ4v) is 1.83. The van der Waals surface area contributed by atoms with E-state index in [2.05, 4.69) is 13.2 Å². The van der Waals surface area contributed by atoms with E-state index in [9.17, 15) is 0 Å². The van der Waals surface area contributed by atoms with Gasteiger partial charge in [0, 0.05) is 0 Å². The minimum absolute atomic E-state index is 0.540. The van der Waals surface area contributed by atoms with Gasteiger partial charge in [0.2, 0.25) is 0 Å². The van der Waals surface area contributed by atoms with Gasteiger partial charge in [-0.3, -0.25) is 0 Å². The molecule has 2 heterocycles. The Balaban J connectivity index is 1.74. The average Bonchev–Trinajstić information content (AvgIpc) is 3.01. The number of para-hydroxylation sites is 2. The summed E-state index contributed by atoms with van der Waals surface area (Å²) in [6, 6.07) is 7.42. The summed E-state index contributed by atoms with van der Waals surface area (Å²) in [6.45, 7) is 7.30. The Morgan fingerprint density at radius 3 is 1.67 bits per heavy atom. The molecule has 0 radical (unpaired) electrons. The van der Waals surface area contributed by atoms with E-state index >= 15 is 0 Å². The van der Waals surface area contributed by atoms with Crippen LogP contribution in [0.5, 0.6) is 11.5 Å². The summed E-state index contributed by atoms with van der Waals surface area (Å²) in [5.41, 5.74) is 0. The SMILES string of the molecule is C=CC1=C(C=C)OB(B2Oc3ccccc3O2)O1. The maximum Gasteiger partial charge on any atom is 0.658 e. The van der Waals surface area contributed by atoms with Gasteiger partial charge in [0.15, 0.2) is 0 Å². The van der Waals surface area contributed by atoms with Crippen LogP contribution in [-0.2, 0) is 9.31 Å². The van der Waals surface area contributed by atoms with Gasteiger partial charge in [0.05, 0.1) is 0 Å². The van der Waals surface area contributed by atoms with Crippen molar-refractivity contribution in [3.8, 4) is 11.5 Å². The van der Waals surface area contributed by atoms with Gasteiger partial charge in [-0.05, 0) is 24.3 Å². The van der Waals surface area contributed by atoms with Gasteiger partial charge in [-0.25, -0.2) is 0 Å². The Hall–Kier alpha value is -2.23. The van der Waals surface area contributed by atoms with Gasteiger partial charge in [-0.1, -0.05) is 25.3 Å². The number of rotatable bonds is 3. The highest BCUT2D eigenvalue weighted by molar-refractivity contribution is 7.12. The quantitative estimate of drug-likeness (QED) is 0.758. The second-order valence-electron chi connectivity index (χ2n) is 3.79. The first-order chi connectivity index (χ1) is 8.81. The molecule has 0 saturated heterocycles. The van der Waals surface area contributed by atoms with Crippen LogP contribution in [0.2, 0.25) is 0 Å². The maximum atomic E-state index is 5.61. The number of benzene rings is 1. The molecule has 1 aromatic rings. The molecule has 0 N–H and O–H groups in total. The van der Waals surface area contributed by atoms with Gasteiger partial charge in [-0.15, -0.1) is 0 Å². The van der Waals surface area contributed by atoms with Crippen molar-refractivity contribution < 1.29 is 18.6 Å². The molecule has 88 valence electrons. The number of hydrogen-bond donors (Lipinski definition) is 0. The van der Waals surface area contributed by atoms with Crippen LogP contribution in [-0.4, -0.2) is 14.0 Å². The van der Waals surface area contributed by atoms with Crippen molar-refractivity contribution in [3.05, 3.63) is 61.1 Å². The third kappa shape index (κ3) is 1.66. The van der Waals surface area contributed by atoms with E-state index in [-0.39, 0.29) is 0 Å². The molecule has 6 heteroatoms. The lowest BCUT2D eigenvalue weighted by Gasteiger charge is -2.08. The van der Waals surface area contributed by atoms with Crippen LogP contribution in [0, 0.1) is 0 Å². The van der Waals surface area contributed by atoms with Crippen LogP contribution in [0.3, 0.4) is 0 Å². The molecule has 0 spiro atoms. The number of fused-ring (bicyclic) bond motifs is 1. The number of allylic oxidation sites excluding steroid dienone is 2. The van der Waals surface area contributed by atoms with E-state index in [0.717, 1.165) is 0 Å². The van der Waals surface area contributed by atoms with E-state index in [4.69, 9.17) is 18.6 Å². The van der Waals surface area contributed by atoms with Crippen LogP contribution >= 0.6 is 0 Å². The van der Waals surface area contributed by atoms with E-state index < -0.39 is 14.0 Å². The van der Waals surface area contributed by atoms with Crippen LogP contribution < -0.4 is 9.31 Å².